The van der Waals surface area contributed by atoms with E-state index in [0.29, 0.717) is 26.0 Å². The number of esters is 1. The van der Waals surface area contributed by atoms with Gasteiger partial charge in [-0.15, -0.1) is 0 Å². The normalized spacial score (nSPS) is 28.4. The van der Waals surface area contributed by atoms with Crippen molar-refractivity contribution >= 4 is 17.6 Å². The minimum Gasteiger partial charge on any atom is -0.465 e. The van der Waals surface area contributed by atoms with Gasteiger partial charge in [-0.25, -0.2) is 0 Å². The van der Waals surface area contributed by atoms with Crippen LogP contribution in [0.1, 0.15) is 43.2 Å². The van der Waals surface area contributed by atoms with Crippen molar-refractivity contribution in [2.24, 2.45) is 5.41 Å². The number of amides is 1. The molecule has 1 amide bonds. The number of allylic oxidation sites excluding steroid dienone is 1. The molecular formula is C19H21NO3. The highest BCUT2D eigenvalue weighted by molar-refractivity contribution is 6.14. The van der Waals surface area contributed by atoms with Gasteiger partial charge in [-0.05, 0) is 43.7 Å². The van der Waals surface area contributed by atoms with Gasteiger partial charge >= 0.3 is 5.97 Å². The third kappa shape index (κ3) is 1.78. The van der Waals surface area contributed by atoms with Crippen LogP contribution in [-0.4, -0.2) is 25.0 Å². The first kappa shape index (κ1) is 14.5. The van der Waals surface area contributed by atoms with Crippen molar-refractivity contribution in [1.82, 2.24) is 0 Å². The summed E-state index contributed by atoms with van der Waals surface area (Å²) in [6, 6.07) is 6.21. The number of para-hydroxylation sites is 1. The van der Waals surface area contributed by atoms with E-state index in [2.05, 4.69) is 18.7 Å². The zero-order valence-corrected chi connectivity index (χ0v) is 13.4. The molecule has 0 N–H and O–H groups in total. The number of carbonyl (C=O) groups excluding carboxylic acids is 2. The van der Waals surface area contributed by atoms with Crippen LogP contribution >= 0.6 is 0 Å². The molecule has 0 aromatic heterocycles. The van der Waals surface area contributed by atoms with E-state index in [1.165, 1.54) is 5.56 Å². The molecule has 3 aliphatic rings. The maximum Gasteiger partial charge on any atom is 0.322 e. The van der Waals surface area contributed by atoms with E-state index in [0.717, 1.165) is 29.7 Å². The highest BCUT2D eigenvalue weighted by Gasteiger charge is 2.62. The van der Waals surface area contributed by atoms with Gasteiger partial charge in [-0.3, -0.25) is 9.59 Å². The average Bonchev–Trinajstić information content (AvgIpc) is 2.91. The number of fused-ring (bicyclic) bond motifs is 2. The summed E-state index contributed by atoms with van der Waals surface area (Å²) in [6.45, 7) is 6.84. The van der Waals surface area contributed by atoms with Crippen molar-refractivity contribution < 1.29 is 14.3 Å². The number of ether oxygens (including phenoxy) is 1. The van der Waals surface area contributed by atoms with Gasteiger partial charge in [-0.2, -0.15) is 0 Å². The van der Waals surface area contributed by atoms with Crippen LogP contribution < -0.4 is 4.90 Å². The van der Waals surface area contributed by atoms with Gasteiger partial charge in [0, 0.05) is 12.5 Å². The third-order valence-electron chi connectivity index (χ3n) is 5.51. The van der Waals surface area contributed by atoms with Crippen LogP contribution in [0.25, 0.3) is 0 Å². The number of hydrogen-bond donors (Lipinski definition) is 0. The minimum atomic E-state index is -1.10. The summed E-state index contributed by atoms with van der Waals surface area (Å²) in [6.07, 6.45) is 3.03. The lowest BCUT2D eigenvalue weighted by molar-refractivity contribution is -0.161. The summed E-state index contributed by atoms with van der Waals surface area (Å²) in [5, 5.41) is 0. The van der Waals surface area contributed by atoms with Crippen LogP contribution in [0.2, 0.25) is 0 Å². The molecule has 4 heteroatoms. The molecule has 120 valence electrons. The van der Waals surface area contributed by atoms with Crippen LogP contribution in [0.5, 0.6) is 0 Å². The number of anilines is 1. The molecule has 1 saturated carbocycles. The smallest absolute Gasteiger partial charge is 0.322 e. The predicted molar refractivity (Wildman–Crippen MR) is 87.3 cm³/mol. The molecule has 0 unspecified atom stereocenters. The number of carbonyl (C=O) groups is 2. The summed E-state index contributed by atoms with van der Waals surface area (Å²) in [5.74, 6) is -0.597. The molecule has 23 heavy (non-hydrogen) atoms. The summed E-state index contributed by atoms with van der Waals surface area (Å²) < 4.78 is 5.33. The van der Waals surface area contributed by atoms with Crippen LogP contribution in [0, 0.1) is 5.41 Å². The Morgan fingerprint density at radius 2 is 2.30 bits per heavy atom. The van der Waals surface area contributed by atoms with E-state index in [9.17, 15) is 9.59 Å². The second kappa shape index (κ2) is 4.95. The summed E-state index contributed by atoms with van der Waals surface area (Å²) >= 11 is 0. The fourth-order valence-corrected chi connectivity index (χ4v) is 4.62. The molecule has 0 saturated heterocycles. The van der Waals surface area contributed by atoms with E-state index in [1.807, 2.05) is 11.0 Å². The Labute approximate surface area is 136 Å². The van der Waals surface area contributed by atoms with Gasteiger partial charge in [0.2, 0.25) is 5.91 Å². The van der Waals surface area contributed by atoms with Crippen molar-refractivity contribution in [1.29, 1.82) is 0 Å². The molecule has 1 aromatic carbocycles. The highest BCUT2D eigenvalue weighted by atomic mass is 16.5. The number of benzene rings is 1. The van der Waals surface area contributed by atoms with E-state index in [-0.39, 0.29) is 17.8 Å². The fraction of sp³-hybridized carbons (Fsp3) is 0.474. The quantitative estimate of drug-likeness (QED) is 0.479. The Balaban J connectivity index is 1.95. The molecule has 2 heterocycles. The second-order valence-electron chi connectivity index (χ2n) is 6.79. The second-order valence-corrected chi connectivity index (χ2v) is 6.79. The predicted octanol–water partition coefficient (Wildman–Crippen LogP) is 2.96. The third-order valence-corrected chi connectivity index (χ3v) is 5.51. The van der Waals surface area contributed by atoms with Crippen LogP contribution in [0.3, 0.4) is 0 Å². The van der Waals surface area contributed by atoms with Gasteiger partial charge in [0.05, 0.1) is 12.3 Å². The molecule has 1 fully saturated rings. The van der Waals surface area contributed by atoms with E-state index >= 15 is 0 Å². The van der Waals surface area contributed by atoms with Gasteiger partial charge in [-0.1, -0.05) is 30.4 Å². The molecule has 4 rings (SSSR count). The van der Waals surface area contributed by atoms with E-state index < -0.39 is 5.41 Å². The van der Waals surface area contributed by atoms with Crippen LogP contribution in [-0.2, 0) is 20.7 Å². The number of aryl methyl sites for hydroxylation is 1. The molecule has 2 aliphatic heterocycles. The Kier molecular flexibility index (Phi) is 3.12. The van der Waals surface area contributed by atoms with Gasteiger partial charge in [0.25, 0.3) is 0 Å². The number of nitrogens with zero attached hydrogens (tertiary/aromatic N) is 1. The SMILES string of the molecule is C=C1C[C@@H]2c3cccc4c3N(CCC4)C(=O)[C@]2(C(=O)OCC)C1. The average molecular weight is 311 g/mol. The van der Waals surface area contributed by atoms with Crippen molar-refractivity contribution in [3.05, 3.63) is 41.5 Å². The van der Waals surface area contributed by atoms with Gasteiger partial charge in [0.1, 0.15) is 0 Å². The monoisotopic (exact) mass is 311 g/mol. The van der Waals surface area contributed by atoms with Crippen molar-refractivity contribution in [2.45, 2.75) is 38.5 Å². The largest absolute Gasteiger partial charge is 0.465 e. The lowest BCUT2D eigenvalue weighted by Crippen LogP contribution is -2.55. The molecule has 0 bridgehead atoms. The van der Waals surface area contributed by atoms with Crippen molar-refractivity contribution in [3.63, 3.8) is 0 Å². The van der Waals surface area contributed by atoms with Crippen molar-refractivity contribution in [2.75, 3.05) is 18.1 Å². The first-order valence-corrected chi connectivity index (χ1v) is 8.37. The standard InChI is InChI=1S/C19H21NO3/c1-3-23-18(22)19-11-12(2)10-15(19)14-8-4-6-13-7-5-9-20(16(13)14)17(19)21/h4,6,8,15H,2-3,5,7,9-11H2,1H3/t15-,19+/m1/s1. The summed E-state index contributed by atoms with van der Waals surface area (Å²) in [7, 11) is 0. The van der Waals surface area contributed by atoms with E-state index in [4.69, 9.17) is 4.74 Å². The van der Waals surface area contributed by atoms with Crippen LogP contribution in [0.4, 0.5) is 5.69 Å². The molecule has 0 radical (unpaired) electrons. The highest BCUT2D eigenvalue weighted by Crippen LogP contribution is 2.59. The molecular weight excluding hydrogens is 290 g/mol. The van der Waals surface area contributed by atoms with E-state index in [1.54, 1.807) is 6.92 Å². The maximum absolute atomic E-state index is 13.4. The zero-order chi connectivity index (χ0) is 16.2. The van der Waals surface area contributed by atoms with Gasteiger partial charge < -0.3 is 9.64 Å². The lowest BCUT2D eigenvalue weighted by Gasteiger charge is -2.45. The summed E-state index contributed by atoms with van der Waals surface area (Å²) in [4.78, 5) is 28.0. The lowest BCUT2D eigenvalue weighted by atomic mass is 9.68. The Morgan fingerprint density at radius 1 is 1.48 bits per heavy atom. The summed E-state index contributed by atoms with van der Waals surface area (Å²) in [5.41, 5.74) is 3.25. The maximum atomic E-state index is 13.4. The Morgan fingerprint density at radius 3 is 3.09 bits per heavy atom. The van der Waals surface area contributed by atoms with Gasteiger partial charge in [0.15, 0.2) is 5.41 Å². The molecule has 1 aromatic rings. The first-order valence-electron chi connectivity index (χ1n) is 8.37. The van der Waals surface area contributed by atoms with Crippen molar-refractivity contribution in [3.8, 4) is 0 Å². The molecule has 4 nitrogen and oxygen atoms in total. The minimum absolute atomic E-state index is 0.0840. The fourth-order valence-electron chi connectivity index (χ4n) is 4.62. The molecule has 0 spiro atoms. The molecule has 1 aliphatic carbocycles. The Bertz CT molecular complexity index is 723. The topological polar surface area (TPSA) is 46.6 Å². The zero-order valence-electron chi connectivity index (χ0n) is 13.4. The number of hydrogen-bond acceptors (Lipinski definition) is 3. The van der Waals surface area contributed by atoms with Crippen LogP contribution in [0.15, 0.2) is 30.4 Å². The first-order chi connectivity index (χ1) is 11.1. The number of rotatable bonds is 2. The molecule has 2 atom stereocenters. The Hall–Kier alpha value is -2.10.